The van der Waals surface area contributed by atoms with Gasteiger partial charge in [0.15, 0.2) is 11.6 Å². The maximum Gasteiger partial charge on any atom is 0.165 e. The number of rotatable bonds is 6. The molecule has 5 heteroatoms. The molecule has 2 N–H and O–H groups in total. The summed E-state index contributed by atoms with van der Waals surface area (Å²) in [5.74, 6) is -0.264. The number of hydrogen-bond acceptors (Lipinski definition) is 3. The number of ether oxygens (including phenoxy) is 1. The topological polar surface area (TPSA) is 41.5 Å². The van der Waals surface area contributed by atoms with Crippen LogP contribution in [0.2, 0.25) is 0 Å². The molecule has 2 rings (SSSR count). The minimum Gasteiger partial charge on any atom is -0.488 e. The van der Waals surface area contributed by atoms with Gasteiger partial charge in [0, 0.05) is 17.1 Å². The van der Waals surface area contributed by atoms with Gasteiger partial charge in [-0.1, -0.05) is 15.9 Å². The molecule has 0 radical (unpaired) electrons. The van der Waals surface area contributed by atoms with Gasteiger partial charge in [0.2, 0.25) is 0 Å². The van der Waals surface area contributed by atoms with E-state index in [9.17, 15) is 9.50 Å². The second-order valence-corrected chi connectivity index (χ2v) is 5.14. The highest BCUT2D eigenvalue weighted by atomic mass is 79.9. The van der Waals surface area contributed by atoms with Crippen LogP contribution in [0.15, 0.2) is 22.7 Å². The van der Waals surface area contributed by atoms with Crippen LogP contribution in [0.5, 0.6) is 5.75 Å². The molecule has 0 saturated heterocycles. The van der Waals surface area contributed by atoms with Gasteiger partial charge in [0.25, 0.3) is 0 Å². The van der Waals surface area contributed by atoms with Crippen LogP contribution in [0, 0.1) is 5.82 Å². The van der Waals surface area contributed by atoms with Crippen molar-refractivity contribution in [3.05, 3.63) is 28.5 Å². The Morgan fingerprint density at radius 2 is 2.29 bits per heavy atom. The number of aliphatic hydroxyl groups is 1. The van der Waals surface area contributed by atoms with E-state index < -0.39 is 11.9 Å². The van der Waals surface area contributed by atoms with Crippen LogP contribution in [0.4, 0.5) is 4.39 Å². The van der Waals surface area contributed by atoms with Gasteiger partial charge in [0.1, 0.15) is 12.7 Å². The van der Waals surface area contributed by atoms with Crippen molar-refractivity contribution in [1.29, 1.82) is 0 Å². The molecule has 0 aliphatic heterocycles. The summed E-state index contributed by atoms with van der Waals surface area (Å²) in [4.78, 5) is 0. The Bertz CT molecular complexity index is 385. The average Bonchev–Trinajstić information content (AvgIpc) is 3.11. The minimum absolute atomic E-state index is 0.0904. The summed E-state index contributed by atoms with van der Waals surface area (Å²) in [5, 5.41) is 12.8. The molecule has 1 aromatic carbocycles. The molecule has 1 saturated carbocycles. The fourth-order valence-corrected chi connectivity index (χ4v) is 1.76. The number of aliphatic hydroxyl groups excluding tert-OH is 1. The van der Waals surface area contributed by atoms with Gasteiger partial charge in [-0.15, -0.1) is 0 Å². The van der Waals surface area contributed by atoms with E-state index in [-0.39, 0.29) is 12.4 Å². The second kappa shape index (κ2) is 5.80. The number of halogens is 2. The monoisotopic (exact) mass is 303 g/mol. The average molecular weight is 304 g/mol. The van der Waals surface area contributed by atoms with Crippen LogP contribution in [-0.4, -0.2) is 30.4 Å². The standard InChI is InChI=1S/C12H15BrFNO2/c13-8-1-4-11(14)12(5-8)17-7-10(16)6-15-9-2-3-9/h1,4-5,9-10,15-16H,2-3,6-7H2. The Kier molecular flexibility index (Phi) is 4.36. The van der Waals surface area contributed by atoms with E-state index in [0.29, 0.717) is 12.6 Å². The zero-order valence-corrected chi connectivity index (χ0v) is 10.9. The van der Waals surface area contributed by atoms with Crippen LogP contribution in [-0.2, 0) is 0 Å². The molecule has 1 aromatic rings. The molecule has 94 valence electrons. The van der Waals surface area contributed by atoms with Gasteiger partial charge in [0.05, 0.1) is 0 Å². The molecule has 0 amide bonds. The maximum atomic E-state index is 13.3. The van der Waals surface area contributed by atoms with Crippen molar-refractivity contribution in [2.45, 2.75) is 25.0 Å². The lowest BCUT2D eigenvalue weighted by Gasteiger charge is -2.13. The Labute approximate surface area is 108 Å². The first kappa shape index (κ1) is 12.8. The van der Waals surface area contributed by atoms with Crippen molar-refractivity contribution in [2.24, 2.45) is 0 Å². The van der Waals surface area contributed by atoms with Gasteiger partial charge in [-0.3, -0.25) is 0 Å². The number of hydrogen-bond donors (Lipinski definition) is 2. The van der Waals surface area contributed by atoms with Crippen molar-refractivity contribution < 1.29 is 14.2 Å². The Morgan fingerprint density at radius 3 is 3.00 bits per heavy atom. The number of benzene rings is 1. The molecule has 0 heterocycles. The van der Waals surface area contributed by atoms with Crippen LogP contribution in [0.25, 0.3) is 0 Å². The number of nitrogens with one attached hydrogen (secondary N) is 1. The zero-order chi connectivity index (χ0) is 12.3. The van der Waals surface area contributed by atoms with Crippen LogP contribution >= 0.6 is 15.9 Å². The molecule has 1 atom stereocenters. The third kappa shape index (κ3) is 4.26. The van der Waals surface area contributed by atoms with E-state index in [1.165, 1.54) is 18.9 Å². The van der Waals surface area contributed by atoms with Gasteiger partial charge in [-0.25, -0.2) is 4.39 Å². The largest absolute Gasteiger partial charge is 0.488 e. The summed E-state index contributed by atoms with van der Waals surface area (Å²) in [7, 11) is 0. The third-order valence-electron chi connectivity index (χ3n) is 2.54. The molecule has 1 aliphatic rings. The summed E-state index contributed by atoms with van der Waals surface area (Å²) in [6.45, 7) is 0.577. The molecule has 3 nitrogen and oxygen atoms in total. The lowest BCUT2D eigenvalue weighted by Crippen LogP contribution is -2.32. The first-order valence-electron chi connectivity index (χ1n) is 5.64. The smallest absolute Gasteiger partial charge is 0.165 e. The molecule has 1 unspecified atom stereocenters. The third-order valence-corrected chi connectivity index (χ3v) is 3.04. The van der Waals surface area contributed by atoms with E-state index in [1.54, 1.807) is 12.1 Å². The fraction of sp³-hybridized carbons (Fsp3) is 0.500. The van der Waals surface area contributed by atoms with E-state index in [0.717, 1.165) is 4.47 Å². The van der Waals surface area contributed by atoms with Gasteiger partial charge < -0.3 is 15.2 Å². The molecule has 0 aromatic heterocycles. The summed E-state index contributed by atoms with van der Waals surface area (Å²) < 4.78 is 19.3. The van der Waals surface area contributed by atoms with Crippen molar-refractivity contribution in [2.75, 3.05) is 13.2 Å². The zero-order valence-electron chi connectivity index (χ0n) is 9.33. The normalized spacial score (nSPS) is 16.9. The van der Waals surface area contributed by atoms with E-state index in [2.05, 4.69) is 21.2 Å². The summed E-state index contributed by atoms with van der Waals surface area (Å²) in [5.41, 5.74) is 0. The molecule has 17 heavy (non-hydrogen) atoms. The van der Waals surface area contributed by atoms with Crippen LogP contribution in [0.3, 0.4) is 0 Å². The molecular weight excluding hydrogens is 289 g/mol. The SMILES string of the molecule is OC(CNC1CC1)COc1cc(Br)ccc1F. The highest BCUT2D eigenvalue weighted by Crippen LogP contribution is 2.22. The quantitative estimate of drug-likeness (QED) is 0.845. The molecule has 0 spiro atoms. The Hall–Kier alpha value is -0.650. The summed E-state index contributed by atoms with van der Waals surface area (Å²) in [6, 6.07) is 5.03. The predicted molar refractivity (Wildman–Crippen MR) is 66.6 cm³/mol. The Balaban J connectivity index is 1.77. The van der Waals surface area contributed by atoms with E-state index >= 15 is 0 Å². The van der Waals surface area contributed by atoms with E-state index in [1.807, 2.05) is 0 Å². The van der Waals surface area contributed by atoms with Gasteiger partial charge in [-0.2, -0.15) is 0 Å². The van der Waals surface area contributed by atoms with Crippen LogP contribution in [0.1, 0.15) is 12.8 Å². The molecule has 1 aliphatic carbocycles. The van der Waals surface area contributed by atoms with Crippen LogP contribution < -0.4 is 10.1 Å². The van der Waals surface area contributed by atoms with Crippen molar-refractivity contribution in [3.8, 4) is 5.75 Å². The predicted octanol–water partition coefficient (Wildman–Crippen LogP) is 2.08. The first-order valence-corrected chi connectivity index (χ1v) is 6.44. The summed E-state index contributed by atoms with van der Waals surface area (Å²) in [6.07, 6.45) is 1.73. The molecule has 0 bridgehead atoms. The van der Waals surface area contributed by atoms with E-state index in [4.69, 9.17) is 4.74 Å². The lowest BCUT2D eigenvalue weighted by atomic mass is 10.3. The minimum atomic E-state index is -0.617. The lowest BCUT2D eigenvalue weighted by molar-refractivity contribution is 0.104. The molecular formula is C12H15BrFNO2. The highest BCUT2D eigenvalue weighted by Gasteiger charge is 2.21. The van der Waals surface area contributed by atoms with Crippen molar-refractivity contribution in [3.63, 3.8) is 0 Å². The summed E-state index contributed by atoms with van der Waals surface area (Å²) >= 11 is 3.24. The van der Waals surface area contributed by atoms with Gasteiger partial charge in [-0.05, 0) is 31.0 Å². The van der Waals surface area contributed by atoms with Gasteiger partial charge >= 0.3 is 0 Å². The fourth-order valence-electron chi connectivity index (χ4n) is 1.42. The van der Waals surface area contributed by atoms with Crippen molar-refractivity contribution in [1.82, 2.24) is 5.32 Å². The highest BCUT2D eigenvalue weighted by molar-refractivity contribution is 9.10. The second-order valence-electron chi connectivity index (χ2n) is 4.22. The maximum absolute atomic E-state index is 13.3. The Morgan fingerprint density at radius 1 is 1.53 bits per heavy atom. The van der Waals surface area contributed by atoms with Crippen molar-refractivity contribution >= 4 is 15.9 Å². The molecule has 1 fully saturated rings. The first-order chi connectivity index (χ1) is 8.15.